The van der Waals surface area contributed by atoms with Crippen LogP contribution in [0, 0.1) is 6.92 Å². The zero-order valence-electron chi connectivity index (χ0n) is 18.8. The van der Waals surface area contributed by atoms with E-state index in [1.54, 1.807) is 23.2 Å². The minimum absolute atomic E-state index is 0.129. The number of aromatic carboxylic acids is 1. The van der Waals surface area contributed by atoms with E-state index in [9.17, 15) is 26.7 Å². The van der Waals surface area contributed by atoms with Gasteiger partial charge in [-0.25, -0.2) is 4.79 Å². The zero-order valence-corrected chi connectivity index (χ0v) is 20.5. The van der Waals surface area contributed by atoms with Crippen molar-refractivity contribution >= 4 is 43.8 Å². The lowest BCUT2D eigenvalue weighted by atomic mass is 10.1. The molecule has 0 saturated carbocycles. The molecule has 34 heavy (non-hydrogen) atoms. The number of hydrogen-bond donors (Lipinski definition) is 2. The molecule has 186 valence electrons. The maximum atomic E-state index is 11.3. The number of nitrogens with zero attached hydrogens (tertiary/aromatic N) is 2. The zero-order chi connectivity index (χ0) is 25.5. The number of aryl methyl sites for hydroxylation is 1. The Morgan fingerprint density at radius 2 is 1.59 bits per heavy atom. The van der Waals surface area contributed by atoms with Crippen molar-refractivity contribution in [1.29, 1.82) is 0 Å². The molecule has 2 aromatic carbocycles. The molecular formula is C21H26N2O9S2. The van der Waals surface area contributed by atoms with Crippen LogP contribution in [0.5, 0.6) is 5.75 Å². The number of carboxylic acids is 1. The first-order chi connectivity index (χ1) is 15.7. The molecule has 0 unspecified atom stereocenters. The molecule has 0 aliphatic carbocycles. The fourth-order valence-corrected chi connectivity index (χ4v) is 3.65. The highest BCUT2D eigenvalue weighted by Crippen LogP contribution is 2.24. The third-order valence-electron chi connectivity index (χ3n) is 4.50. The van der Waals surface area contributed by atoms with Crippen LogP contribution in [0.25, 0.3) is 0 Å². The lowest BCUT2D eigenvalue weighted by molar-refractivity contribution is 0.0693. The molecule has 0 spiro atoms. The van der Waals surface area contributed by atoms with Gasteiger partial charge >= 0.3 is 5.97 Å². The van der Waals surface area contributed by atoms with Gasteiger partial charge in [0.05, 0.1) is 31.4 Å². The Bertz CT molecular complexity index is 1240. The highest BCUT2D eigenvalue weighted by atomic mass is 32.2. The van der Waals surface area contributed by atoms with Gasteiger partial charge in [0, 0.05) is 31.1 Å². The van der Waals surface area contributed by atoms with E-state index in [-0.39, 0.29) is 31.9 Å². The van der Waals surface area contributed by atoms with Gasteiger partial charge in [0.1, 0.15) is 11.3 Å². The number of benzene rings is 2. The van der Waals surface area contributed by atoms with Crippen molar-refractivity contribution in [3.8, 4) is 5.75 Å². The summed E-state index contributed by atoms with van der Waals surface area (Å²) in [7, 11) is -7.25. The van der Waals surface area contributed by atoms with E-state index < -0.39 is 32.0 Å². The fraction of sp³-hybridized carbons (Fsp3) is 0.333. The Balaban J connectivity index is 2.19. The largest absolute Gasteiger partial charge is 0.507 e. The minimum Gasteiger partial charge on any atom is -0.507 e. The van der Waals surface area contributed by atoms with Crippen LogP contribution in [0.15, 0.2) is 41.4 Å². The number of aromatic hydroxyl groups is 1. The van der Waals surface area contributed by atoms with Crippen LogP contribution >= 0.6 is 0 Å². The van der Waals surface area contributed by atoms with Crippen LogP contribution in [0.2, 0.25) is 0 Å². The second kappa shape index (κ2) is 11.4. The molecule has 0 aliphatic rings. The molecule has 2 aromatic rings. The third kappa shape index (κ3) is 9.09. The first-order valence-corrected chi connectivity index (χ1v) is 13.5. The van der Waals surface area contributed by atoms with Gasteiger partial charge in [-0.05, 0) is 42.3 Å². The van der Waals surface area contributed by atoms with Crippen molar-refractivity contribution in [1.82, 2.24) is 0 Å². The number of carboxylic acid groups (broad SMARTS) is 1. The van der Waals surface area contributed by atoms with Crippen LogP contribution in [-0.2, 0) is 28.6 Å². The Kier molecular flexibility index (Phi) is 9.15. The number of carbonyl (C=O) groups is 1. The van der Waals surface area contributed by atoms with Gasteiger partial charge in [-0.3, -0.25) is 13.4 Å². The van der Waals surface area contributed by atoms with Gasteiger partial charge in [-0.15, -0.1) is 0 Å². The lowest BCUT2D eigenvalue weighted by Gasteiger charge is -2.25. The summed E-state index contributed by atoms with van der Waals surface area (Å²) in [5.41, 5.74) is 2.38. The average Bonchev–Trinajstić information content (AvgIpc) is 2.69. The van der Waals surface area contributed by atoms with Crippen LogP contribution in [0.1, 0.15) is 21.5 Å². The van der Waals surface area contributed by atoms with Crippen LogP contribution < -0.4 is 4.90 Å². The summed E-state index contributed by atoms with van der Waals surface area (Å²) in [6, 6.07) is 9.30. The highest BCUT2D eigenvalue weighted by molar-refractivity contribution is 7.86. The summed E-state index contributed by atoms with van der Waals surface area (Å²) in [6.45, 7) is 1.91. The van der Waals surface area contributed by atoms with E-state index in [0.717, 1.165) is 23.6 Å². The van der Waals surface area contributed by atoms with E-state index in [1.165, 1.54) is 18.2 Å². The van der Waals surface area contributed by atoms with Crippen molar-refractivity contribution < 1.29 is 40.2 Å². The van der Waals surface area contributed by atoms with Crippen molar-refractivity contribution in [2.45, 2.75) is 6.92 Å². The van der Waals surface area contributed by atoms with E-state index in [4.69, 9.17) is 13.5 Å². The molecule has 0 fully saturated rings. The van der Waals surface area contributed by atoms with E-state index >= 15 is 0 Å². The smallest absolute Gasteiger partial charge is 0.339 e. The summed E-state index contributed by atoms with van der Waals surface area (Å²) >= 11 is 0. The van der Waals surface area contributed by atoms with Crippen molar-refractivity contribution in [2.75, 3.05) is 43.7 Å². The molecule has 0 saturated heterocycles. The van der Waals surface area contributed by atoms with Gasteiger partial charge in [-0.2, -0.15) is 16.8 Å². The Morgan fingerprint density at radius 3 is 2.06 bits per heavy atom. The van der Waals surface area contributed by atoms with E-state index in [1.807, 2.05) is 13.0 Å². The molecule has 2 N–H and O–H groups in total. The second-order valence-electron chi connectivity index (χ2n) is 7.34. The molecule has 0 radical (unpaired) electrons. The first kappa shape index (κ1) is 27.2. The highest BCUT2D eigenvalue weighted by Gasteiger charge is 2.12. The monoisotopic (exact) mass is 514 g/mol. The number of anilines is 1. The second-order valence-corrected chi connectivity index (χ2v) is 10.6. The standard InChI is InChI=1S/C21H26N2O9S2/c1-15-12-18(23(8-10-31-33(2,27)28)9-11-32-34(3,29)30)6-4-16(15)14-22-17-5-7-19(21(25)26)20(24)13-17/h4-7,12-14,24H,8-11H2,1-3H3,(H,25,26). The summed E-state index contributed by atoms with van der Waals surface area (Å²) in [6.07, 6.45) is 3.44. The van der Waals surface area contributed by atoms with Gasteiger partial charge in [-0.1, -0.05) is 6.07 Å². The van der Waals surface area contributed by atoms with Gasteiger partial charge in [0.25, 0.3) is 20.2 Å². The normalized spacial score (nSPS) is 12.2. The van der Waals surface area contributed by atoms with Crippen LogP contribution in [0.3, 0.4) is 0 Å². The Labute approximate surface area is 198 Å². The predicted molar refractivity (Wildman–Crippen MR) is 127 cm³/mol. The van der Waals surface area contributed by atoms with Gasteiger partial charge < -0.3 is 15.1 Å². The number of hydrogen-bond acceptors (Lipinski definition) is 10. The molecule has 0 heterocycles. The van der Waals surface area contributed by atoms with Crippen LogP contribution in [0.4, 0.5) is 11.4 Å². The molecule has 0 bridgehead atoms. The summed E-state index contributed by atoms with van der Waals surface area (Å²) < 4.78 is 54.6. The molecule has 0 aromatic heterocycles. The average molecular weight is 515 g/mol. The van der Waals surface area contributed by atoms with Gasteiger partial charge in [0.15, 0.2) is 0 Å². The topological polar surface area (TPSA) is 160 Å². The maximum absolute atomic E-state index is 11.3. The third-order valence-corrected chi connectivity index (χ3v) is 5.69. The summed E-state index contributed by atoms with van der Waals surface area (Å²) in [5, 5.41) is 18.8. The summed E-state index contributed by atoms with van der Waals surface area (Å²) in [4.78, 5) is 17.0. The van der Waals surface area contributed by atoms with Crippen LogP contribution in [-0.4, -0.2) is 78.0 Å². The Hall–Kier alpha value is -3.00. The molecule has 0 amide bonds. The summed E-state index contributed by atoms with van der Waals surface area (Å²) in [5.74, 6) is -1.63. The molecule has 2 rings (SSSR count). The maximum Gasteiger partial charge on any atom is 0.339 e. The fourth-order valence-electron chi connectivity index (χ4n) is 2.89. The van der Waals surface area contributed by atoms with E-state index in [2.05, 4.69) is 4.99 Å². The quantitative estimate of drug-likeness (QED) is 0.316. The molecule has 0 aliphatic heterocycles. The molecule has 0 atom stereocenters. The molecule has 11 nitrogen and oxygen atoms in total. The first-order valence-electron chi connectivity index (χ1n) is 9.90. The number of phenols is 1. The van der Waals surface area contributed by atoms with Crippen molar-refractivity contribution in [3.63, 3.8) is 0 Å². The van der Waals surface area contributed by atoms with Crippen molar-refractivity contribution in [3.05, 3.63) is 53.1 Å². The number of rotatable bonds is 12. The molecule has 13 heteroatoms. The van der Waals surface area contributed by atoms with Gasteiger partial charge in [0.2, 0.25) is 0 Å². The molecular weight excluding hydrogens is 488 g/mol. The lowest BCUT2D eigenvalue weighted by Crippen LogP contribution is -2.32. The predicted octanol–water partition coefficient (Wildman–Crippen LogP) is 1.91. The SMILES string of the molecule is Cc1cc(N(CCOS(C)(=O)=O)CCOS(C)(=O)=O)ccc1C=Nc1ccc(C(=O)O)c(O)c1. The minimum atomic E-state index is -3.63. The van der Waals surface area contributed by atoms with E-state index in [0.29, 0.717) is 11.4 Å². The number of aliphatic imine (C=N–C) groups is 1. The van der Waals surface area contributed by atoms with Crippen molar-refractivity contribution in [2.24, 2.45) is 4.99 Å². The Morgan fingerprint density at radius 1 is 1.00 bits per heavy atom.